The SMILES string of the molecule is C=C(C)C(=O)Cc1cccc(B(C)O)c1.C=C(C)C(=O)OCCC.C=C(C)C(=O)OCCCC.C=C(C)C(=O)OCCN(C)C.C=C(C)CC.C=CC(=O)CCCCN(C)C.C=CC(=O)Nc1ccc(C)cc1.C=CC(=O)Nc1cccc(C)c1.C=CC(=O)OCCCC.C=CCC.C=CCC(C)=O.C=CCCC(C)=O. The molecule has 3 N–H and O–H groups in total. The van der Waals surface area contributed by atoms with Crippen molar-refractivity contribution in [3.8, 4) is 0 Å². The second kappa shape index (κ2) is 85.6. The van der Waals surface area contributed by atoms with Crippen LogP contribution in [0.25, 0.3) is 0 Å². The zero-order valence-corrected chi connectivity index (χ0v) is 71.7. The molecule has 0 bridgehead atoms. The maximum Gasteiger partial charge on any atom is 0.333 e. The zero-order chi connectivity index (χ0) is 87.7. The number of anilines is 2. The molecule has 0 atom stereocenters. The van der Waals surface area contributed by atoms with Gasteiger partial charge in [0.25, 0.3) is 0 Å². The predicted molar refractivity (Wildman–Crippen MR) is 469 cm³/mol. The molecule has 19 nitrogen and oxygen atoms in total. The van der Waals surface area contributed by atoms with Gasteiger partial charge in [-0.05, 0) is 213 Å². The van der Waals surface area contributed by atoms with Gasteiger partial charge in [0.15, 0.2) is 11.6 Å². The van der Waals surface area contributed by atoms with E-state index in [2.05, 4.69) is 120 Å². The average molecular weight is 1540 g/mol. The highest BCUT2D eigenvalue weighted by molar-refractivity contribution is 6.64. The molecule has 0 aliphatic carbocycles. The van der Waals surface area contributed by atoms with Gasteiger partial charge in [-0.3, -0.25) is 24.0 Å². The Morgan fingerprint density at radius 3 is 1.28 bits per heavy atom. The number of ether oxygens (including phenoxy) is 4. The van der Waals surface area contributed by atoms with E-state index in [0.29, 0.717) is 74.4 Å². The number of hydrogen-bond acceptors (Lipinski definition) is 17. The number of likely N-dealkylation sites (N-methyl/N-ethyl adjacent to an activating group) is 1. The van der Waals surface area contributed by atoms with Gasteiger partial charge in [0.05, 0.1) is 19.8 Å². The van der Waals surface area contributed by atoms with E-state index in [0.717, 1.165) is 105 Å². The second-order valence-electron chi connectivity index (χ2n) is 25.2. The number of esters is 4. The van der Waals surface area contributed by atoms with Crippen molar-refractivity contribution < 1.29 is 71.9 Å². The van der Waals surface area contributed by atoms with Gasteiger partial charge in [-0.25, -0.2) is 19.2 Å². The first-order valence-electron chi connectivity index (χ1n) is 37.2. The van der Waals surface area contributed by atoms with Crippen molar-refractivity contribution in [3.05, 3.63) is 239 Å². The Labute approximate surface area is 671 Å². The summed E-state index contributed by atoms with van der Waals surface area (Å²) in [7, 11) is 7.92. The fraction of sp³-hybridized carbons (Fsp3) is 0.429. The highest BCUT2D eigenvalue weighted by atomic mass is 16.5. The topological polar surface area (TPSA) is 258 Å². The first-order chi connectivity index (χ1) is 52.0. The van der Waals surface area contributed by atoms with Gasteiger partial charge >= 0.3 is 30.8 Å². The molecule has 20 heteroatoms. The molecular formula is C91H143BN4O15. The summed E-state index contributed by atoms with van der Waals surface area (Å²) in [5, 5.41) is 14.7. The fourth-order valence-electron chi connectivity index (χ4n) is 5.95. The smallest absolute Gasteiger partial charge is 0.333 e. The average Bonchev–Trinajstić information content (AvgIpc) is 0.884. The number of ketones is 4. The molecule has 0 aliphatic heterocycles. The summed E-state index contributed by atoms with van der Waals surface area (Å²) in [6, 6.07) is 22.7. The van der Waals surface area contributed by atoms with Crippen LogP contribution >= 0.6 is 0 Å². The van der Waals surface area contributed by atoms with Crippen molar-refractivity contribution in [3.63, 3.8) is 0 Å². The van der Waals surface area contributed by atoms with Crippen LogP contribution in [0.1, 0.15) is 183 Å². The molecule has 0 saturated carbocycles. The lowest BCUT2D eigenvalue weighted by molar-refractivity contribution is -0.140. The van der Waals surface area contributed by atoms with Crippen molar-refractivity contribution in [2.45, 2.75) is 194 Å². The Balaban J connectivity index is -0.000000148. The van der Waals surface area contributed by atoms with E-state index < -0.39 is 6.92 Å². The molecule has 0 unspecified atom stereocenters. The van der Waals surface area contributed by atoms with Crippen molar-refractivity contribution >= 4 is 82.6 Å². The van der Waals surface area contributed by atoms with E-state index in [1.807, 2.05) is 147 Å². The van der Waals surface area contributed by atoms with Crippen LogP contribution < -0.4 is 16.1 Å². The lowest BCUT2D eigenvalue weighted by atomic mass is 9.64. The van der Waals surface area contributed by atoms with Crippen molar-refractivity contribution in [2.24, 2.45) is 0 Å². The largest absolute Gasteiger partial charge is 0.463 e. The lowest BCUT2D eigenvalue weighted by Crippen LogP contribution is -2.26. The molecule has 0 fully saturated rings. The van der Waals surface area contributed by atoms with Gasteiger partial charge in [0, 0.05) is 66.4 Å². The maximum atomic E-state index is 11.4. The van der Waals surface area contributed by atoms with Crippen LogP contribution in [-0.2, 0) is 73.3 Å². The van der Waals surface area contributed by atoms with Crippen molar-refractivity contribution in [1.29, 1.82) is 0 Å². The number of Topliss-reactive ketones (excluding diaryl/α,β-unsaturated/α-hetero) is 3. The summed E-state index contributed by atoms with van der Waals surface area (Å²) in [4.78, 5) is 110. The summed E-state index contributed by atoms with van der Waals surface area (Å²) in [5.74, 6) is -0.980. The molecule has 3 aromatic rings. The quantitative estimate of drug-likeness (QED) is 0.0122. The first kappa shape index (κ1) is 119. The van der Waals surface area contributed by atoms with Gasteiger partial charge in [-0.1, -0.05) is 185 Å². The Bertz CT molecular complexity index is 3210. The number of allylic oxidation sites excluding steroid dienone is 6. The van der Waals surface area contributed by atoms with Crippen LogP contribution in [-0.4, -0.2) is 148 Å². The number of nitrogens with one attached hydrogen (secondary N) is 2. The normalized spacial score (nSPS) is 8.95. The van der Waals surface area contributed by atoms with E-state index in [1.54, 1.807) is 60.5 Å². The van der Waals surface area contributed by atoms with Crippen molar-refractivity contribution in [2.75, 3.05) is 78.3 Å². The Kier molecular flexibility index (Phi) is 92.0. The van der Waals surface area contributed by atoms with Gasteiger partial charge in [-0.15, -0.1) is 26.3 Å². The van der Waals surface area contributed by atoms with Crippen LogP contribution in [0.3, 0.4) is 0 Å². The summed E-state index contributed by atoms with van der Waals surface area (Å²) >= 11 is 0. The number of amides is 2. The molecule has 2 amide bonds. The van der Waals surface area contributed by atoms with E-state index in [-0.39, 0.29) is 58.8 Å². The van der Waals surface area contributed by atoms with Gasteiger partial charge in [0.2, 0.25) is 11.8 Å². The number of nitrogens with zero attached hydrogens (tertiary/aromatic N) is 2. The molecule has 0 aromatic heterocycles. The minimum Gasteiger partial charge on any atom is -0.463 e. The van der Waals surface area contributed by atoms with Crippen molar-refractivity contribution in [1.82, 2.24) is 9.80 Å². The lowest BCUT2D eigenvalue weighted by Gasteiger charge is -2.09. The van der Waals surface area contributed by atoms with Crippen LogP contribution in [0.2, 0.25) is 6.82 Å². The van der Waals surface area contributed by atoms with E-state index >= 15 is 0 Å². The minimum absolute atomic E-state index is 0.0396. The molecule has 3 rings (SSSR count). The van der Waals surface area contributed by atoms with Gasteiger partial charge in [-0.2, -0.15) is 0 Å². The molecular weight excluding hydrogens is 1400 g/mol. The van der Waals surface area contributed by atoms with Crippen LogP contribution in [0.5, 0.6) is 0 Å². The maximum absolute atomic E-state index is 11.4. The number of unbranched alkanes of at least 4 members (excludes halogenated alkanes) is 3. The fourth-order valence-corrected chi connectivity index (χ4v) is 5.95. The van der Waals surface area contributed by atoms with Gasteiger partial charge in [0.1, 0.15) is 18.2 Å². The third kappa shape index (κ3) is 102. The Morgan fingerprint density at radius 1 is 0.477 bits per heavy atom. The summed E-state index contributed by atoms with van der Waals surface area (Å²) in [5.41, 5.74) is 8.85. The molecule has 3 aromatic carbocycles. The molecule has 0 heterocycles. The molecule has 111 heavy (non-hydrogen) atoms. The number of aryl methyl sites for hydroxylation is 2. The Hall–Kier alpha value is -10.0. The van der Waals surface area contributed by atoms with E-state index in [9.17, 15) is 53.0 Å². The standard InChI is InChI=1S/C12H15BO2.2C10H11NO.C9H17NO.C8H15NO2.C8H14O2.2C7H12O2.C6H10O.C5H8O.C5H10.C4H8/c1-9(2)12(14)8-10-5-4-6-11(7-10)13(3)15;1-3-10(12)11-9-6-4-8(2)5-7-9;1-3-10(12)11-9-6-4-5-8(2)7-9;1-4-9(11)7-5-6-8-10(2)3;1-7(2)8(10)11-6-5-9(3)4;1-4-5-6-10-8(9)7(2)3;1-4-5-9-7(8)6(2)3;1-3-5-6-9-7(8)4-2;1-3-4-5-6(2)7;1-3-4-5(2)6;1-4-5(2)3;1-3-4-2/h4-7,15H,1,8H2,2-3H3;2*3-7H,1H2,2H3,(H,11,12);4H,1,5-8H2,2-3H3;1,5-6H2,2-4H3;2,4-6H2,1,3H3;2,4-5H2,1,3H3;4H,2-3,5-6H2,1H3;3H,1,4-5H2,2H3;3H,1,4H2,2H3;2,4H2,1,3H3;3H,1,4H2,2H3. The molecule has 620 valence electrons. The third-order valence-electron chi connectivity index (χ3n) is 12.7. The molecule has 0 radical (unpaired) electrons. The minimum atomic E-state index is -0.495. The third-order valence-corrected chi connectivity index (χ3v) is 12.7. The summed E-state index contributed by atoms with van der Waals surface area (Å²) in [6.45, 7) is 72.3. The summed E-state index contributed by atoms with van der Waals surface area (Å²) in [6.07, 6.45) is 22.3. The highest BCUT2D eigenvalue weighted by Gasteiger charge is 2.10. The van der Waals surface area contributed by atoms with E-state index in [4.69, 9.17) is 14.2 Å². The number of carbonyl (C=O) groups is 10. The second-order valence-corrected chi connectivity index (χ2v) is 25.2. The highest BCUT2D eigenvalue weighted by Crippen LogP contribution is 2.10. The number of hydrogen-bond donors (Lipinski definition) is 3. The van der Waals surface area contributed by atoms with E-state index in [1.165, 1.54) is 35.4 Å². The Morgan fingerprint density at radius 2 is 0.937 bits per heavy atom. The number of carbonyl (C=O) groups excluding carboxylic acids is 10. The van der Waals surface area contributed by atoms with Gasteiger partial charge < -0.3 is 49.2 Å². The monoisotopic (exact) mass is 1540 g/mol. The molecule has 0 spiro atoms. The molecule has 0 aliphatic rings. The molecule has 0 saturated heterocycles. The number of benzene rings is 3. The predicted octanol–water partition coefficient (Wildman–Crippen LogP) is 18.8. The van der Waals surface area contributed by atoms with Crippen LogP contribution in [0.4, 0.5) is 11.4 Å². The van der Waals surface area contributed by atoms with Crippen LogP contribution in [0.15, 0.2) is 222 Å². The van der Waals surface area contributed by atoms with Crippen LogP contribution in [0, 0.1) is 13.8 Å². The number of rotatable bonds is 36. The zero-order valence-electron chi connectivity index (χ0n) is 71.7. The first-order valence-corrected chi connectivity index (χ1v) is 37.2. The summed E-state index contributed by atoms with van der Waals surface area (Å²) < 4.78 is 19.0.